The van der Waals surface area contributed by atoms with Gasteiger partial charge in [-0.25, -0.2) is 0 Å². The number of carbonyl (C=O) groups excluding carboxylic acids is 1. The zero-order chi connectivity index (χ0) is 19.1. The van der Waals surface area contributed by atoms with Crippen LogP contribution in [-0.4, -0.2) is 26.2 Å². The Kier molecular flexibility index (Phi) is 6.89. The minimum Gasteiger partial charge on any atom is -0.493 e. The average molecular weight is 357 g/mol. The quantitative estimate of drug-likeness (QED) is 0.774. The van der Waals surface area contributed by atoms with E-state index in [1.54, 1.807) is 14.2 Å². The van der Waals surface area contributed by atoms with Gasteiger partial charge in [0.1, 0.15) is 5.75 Å². The van der Waals surface area contributed by atoms with E-state index in [-0.39, 0.29) is 11.9 Å². The topological polar surface area (TPSA) is 56.8 Å². The first-order chi connectivity index (χ1) is 12.5. The molecule has 2 aromatic rings. The minimum atomic E-state index is -0.543. The van der Waals surface area contributed by atoms with Gasteiger partial charge in [0.2, 0.25) is 0 Å². The molecule has 0 saturated carbocycles. The fourth-order valence-corrected chi connectivity index (χ4v) is 2.68. The van der Waals surface area contributed by atoms with Crippen LogP contribution < -0.4 is 19.5 Å². The molecule has 0 spiro atoms. The molecular formula is C21H27NO4. The summed E-state index contributed by atoms with van der Waals surface area (Å²) < 4.78 is 16.5. The minimum absolute atomic E-state index is 0.141. The molecule has 0 aliphatic carbocycles. The summed E-state index contributed by atoms with van der Waals surface area (Å²) in [5.41, 5.74) is 1.94. The van der Waals surface area contributed by atoms with Gasteiger partial charge in [-0.2, -0.15) is 0 Å². The molecule has 0 radical (unpaired) electrons. The summed E-state index contributed by atoms with van der Waals surface area (Å²) in [7, 11) is 3.19. The van der Waals surface area contributed by atoms with Gasteiger partial charge in [0.15, 0.2) is 17.6 Å². The van der Waals surface area contributed by atoms with E-state index >= 15 is 0 Å². The average Bonchev–Trinajstić information content (AvgIpc) is 2.66. The van der Waals surface area contributed by atoms with Crippen LogP contribution in [0.1, 0.15) is 37.4 Å². The van der Waals surface area contributed by atoms with Crippen molar-refractivity contribution in [3.63, 3.8) is 0 Å². The number of ether oxygens (including phenoxy) is 3. The zero-order valence-electron chi connectivity index (χ0n) is 16.0. The summed E-state index contributed by atoms with van der Waals surface area (Å²) in [6.07, 6.45) is 0.0393. The molecule has 1 amide bonds. The number of rotatable bonds is 8. The second-order valence-corrected chi connectivity index (χ2v) is 6.12. The lowest BCUT2D eigenvalue weighted by Crippen LogP contribution is -2.39. The highest BCUT2D eigenvalue weighted by atomic mass is 16.5. The van der Waals surface area contributed by atoms with Crippen molar-refractivity contribution in [2.45, 2.75) is 39.3 Å². The highest BCUT2D eigenvalue weighted by Gasteiger charge is 2.21. The Balaban J connectivity index is 2.08. The van der Waals surface area contributed by atoms with Gasteiger partial charge in [-0.3, -0.25) is 4.79 Å². The maximum Gasteiger partial charge on any atom is 0.261 e. The first-order valence-electron chi connectivity index (χ1n) is 8.74. The third-order valence-electron chi connectivity index (χ3n) is 4.29. The van der Waals surface area contributed by atoms with Gasteiger partial charge in [-0.05, 0) is 49.6 Å². The highest BCUT2D eigenvalue weighted by molar-refractivity contribution is 5.81. The van der Waals surface area contributed by atoms with Gasteiger partial charge in [0.05, 0.1) is 20.3 Å². The van der Waals surface area contributed by atoms with Gasteiger partial charge < -0.3 is 19.5 Å². The van der Waals surface area contributed by atoms with Crippen molar-refractivity contribution >= 4 is 5.91 Å². The standard InChI is InChI=1S/C21H27NO4/c1-6-17(26-18-10-8-7-9-14(18)2)21(23)22-15(3)16-11-12-19(24-4)20(13-16)25-5/h7-13,15,17H,6H2,1-5H3,(H,22,23)/t15-,17+/m1/s1. The fourth-order valence-electron chi connectivity index (χ4n) is 2.68. The van der Waals surface area contributed by atoms with E-state index in [1.165, 1.54) is 0 Å². The highest BCUT2D eigenvalue weighted by Crippen LogP contribution is 2.30. The molecule has 5 heteroatoms. The lowest BCUT2D eigenvalue weighted by molar-refractivity contribution is -0.128. The van der Waals surface area contributed by atoms with Crippen molar-refractivity contribution < 1.29 is 19.0 Å². The summed E-state index contributed by atoms with van der Waals surface area (Å²) in [5.74, 6) is 1.88. The molecule has 1 N–H and O–H groups in total. The molecule has 0 bridgehead atoms. The van der Waals surface area contributed by atoms with E-state index in [2.05, 4.69) is 5.32 Å². The number of methoxy groups -OCH3 is 2. The molecule has 0 heterocycles. The van der Waals surface area contributed by atoms with Crippen molar-refractivity contribution in [1.29, 1.82) is 0 Å². The van der Waals surface area contributed by atoms with E-state index in [0.29, 0.717) is 17.9 Å². The SMILES string of the molecule is CC[C@H](Oc1ccccc1C)C(=O)N[C@H](C)c1ccc(OC)c(OC)c1. The van der Waals surface area contributed by atoms with Gasteiger partial charge in [-0.1, -0.05) is 31.2 Å². The Morgan fingerprint density at radius 3 is 2.35 bits per heavy atom. The smallest absolute Gasteiger partial charge is 0.261 e. The lowest BCUT2D eigenvalue weighted by atomic mass is 10.1. The van der Waals surface area contributed by atoms with Crippen molar-refractivity contribution in [3.05, 3.63) is 53.6 Å². The lowest BCUT2D eigenvalue weighted by Gasteiger charge is -2.22. The number of aryl methyl sites for hydroxylation is 1. The predicted octanol–water partition coefficient (Wildman–Crippen LogP) is 4.05. The van der Waals surface area contributed by atoms with E-state index in [0.717, 1.165) is 16.9 Å². The summed E-state index contributed by atoms with van der Waals surface area (Å²) >= 11 is 0. The molecular weight excluding hydrogens is 330 g/mol. The molecule has 0 aliphatic heterocycles. The third-order valence-corrected chi connectivity index (χ3v) is 4.29. The number of carbonyl (C=O) groups is 1. The van der Waals surface area contributed by atoms with Gasteiger partial charge in [0, 0.05) is 0 Å². The van der Waals surface area contributed by atoms with Crippen LogP contribution in [0.15, 0.2) is 42.5 Å². The van der Waals surface area contributed by atoms with E-state index < -0.39 is 6.10 Å². The second-order valence-electron chi connectivity index (χ2n) is 6.12. The van der Waals surface area contributed by atoms with Crippen LogP contribution in [-0.2, 0) is 4.79 Å². The largest absolute Gasteiger partial charge is 0.493 e. The number of hydrogen-bond acceptors (Lipinski definition) is 4. The Hall–Kier alpha value is -2.69. The molecule has 140 valence electrons. The third kappa shape index (κ3) is 4.69. The molecule has 0 aromatic heterocycles. The maximum atomic E-state index is 12.7. The monoisotopic (exact) mass is 357 g/mol. The van der Waals surface area contributed by atoms with Crippen LogP contribution in [0.25, 0.3) is 0 Å². The number of para-hydroxylation sites is 1. The molecule has 0 unspecified atom stereocenters. The first-order valence-corrected chi connectivity index (χ1v) is 8.74. The Morgan fingerprint density at radius 1 is 1.04 bits per heavy atom. The van der Waals surface area contributed by atoms with Crippen molar-refractivity contribution in [3.8, 4) is 17.2 Å². The molecule has 2 atom stereocenters. The number of benzene rings is 2. The van der Waals surface area contributed by atoms with Gasteiger partial charge >= 0.3 is 0 Å². The Bertz CT molecular complexity index is 745. The van der Waals surface area contributed by atoms with E-state index in [4.69, 9.17) is 14.2 Å². The summed E-state index contributed by atoms with van der Waals surface area (Å²) in [6, 6.07) is 13.1. The molecule has 5 nitrogen and oxygen atoms in total. The van der Waals surface area contributed by atoms with E-state index in [9.17, 15) is 4.79 Å². The summed E-state index contributed by atoms with van der Waals surface area (Å²) in [5, 5.41) is 3.02. The number of hydrogen-bond donors (Lipinski definition) is 1. The predicted molar refractivity (Wildman–Crippen MR) is 102 cm³/mol. The van der Waals surface area contributed by atoms with Gasteiger partial charge in [-0.15, -0.1) is 0 Å². The molecule has 26 heavy (non-hydrogen) atoms. The molecule has 2 aromatic carbocycles. The maximum absolute atomic E-state index is 12.7. The zero-order valence-corrected chi connectivity index (χ0v) is 16.0. The summed E-state index contributed by atoms with van der Waals surface area (Å²) in [6.45, 7) is 5.83. The Morgan fingerprint density at radius 2 is 1.73 bits per heavy atom. The van der Waals surface area contributed by atoms with Crippen molar-refractivity contribution in [1.82, 2.24) is 5.32 Å². The van der Waals surface area contributed by atoms with Crippen LogP contribution in [0.3, 0.4) is 0 Å². The molecule has 0 saturated heterocycles. The second kappa shape index (κ2) is 9.13. The number of nitrogens with one attached hydrogen (secondary N) is 1. The van der Waals surface area contributed by atoms with Crippen LogP contribution in [0, 0.1) is 6.92 Å². The van der Waals surface area contributed by atoms with Crippen molar-refractivity contribution in [2.24, 2.45) is 0 Å². The van der Waals surface area contributed by atoms with Gasteiger partial charge in [0.25, 0.3) is 5.91 Å². The van der Waals surface area contributed by atoms with Crippen molar-refractivity contribution in [2.75, 3.05) is 14.2 Å². The first kappa shape index (κ1) is 19.6. The Labute approximate surface area is 155 Å². The van der Waals surface area contributed by atoms with E-state index in [1.807, 2.05) is 63.2 Å². The molecule has 0 aliphatic rings. The van der Waals surface area contributed by atoms with Crippen LogP contribution in [0.5, 0.6) is 17.2 Å². The normalized spacial score (nSPS) is 12.8. The fraction of sp³-hybridized carbons (Fsp3) is 0.381. The van der Waals surface area contributed by atoms with Crippen LogP contribution in [0.4, 0.5) is 0 Å². The van der Waals surface area contributed by atoms with Crippen LogP contribution >= 0.6 is 0 Å². The molecule has 2 rings (SSSR count). The number of amides is 1. The molecule has 0 fully saturated rings. The van der Waals surface area contributed by atoms with Crippen LogP contribution in [0.2, 0.25) is 0 Å². The summed E-state index contributed by atoms with van der Waals surface area (Å²) in [4.78, 5) is 12.7.